The van der Waals surface area contributed by atoms with Crippen LogP contribution in [0.4, 0.5) is 0 Å². The smallest absolute Gasteiger partial charge is 0.105 e. The van der Waals surface area contributed by atoms with Crippen LogP contribution in [0.15, 0.2) is 22.8 Å². The van der Waals surface area contributed by atoms with Gasteiger partial charge in [0.2, 0.25) is 0 Å². The number of hydrogen-bond donors (Lipinski definition) is 1. The van der Waals surface area contributed by atoms with Crippen LogP contribution in [0.5, 0.6) is 0 Å². The highest BCUT2D eigenvalue weighted by Crippen LogP contribution is 1.99. The van der Waals surface area contributed by atoms with Crippen molar-refractivity contribution in [2.24, 2.45) is 0 Å². The topological polar surface area (TPSA) is 25.2 Å². The quantitative estimate of drug-likeness (QED) is 0.640. The molecule has 50 valence electrons. The van der Waals surface area contributed by atoms with Gasteiger partial charge < -0.3 is 4.42 Å². The molecule has 0 unspecified atom stereocenters. The predicted octanol–water partition coefficient (Wildman–Crippen LogP) is 1.76. The number of halogens is 1. The molecule has 0 fully saturated rings. The highest BCUT2D eigenvalue weighted by atomic mass is 127. The fourth-order valence-electron chi connectivity index (χ4n) is 0.625. The molecule has 0 aliphatic rings. The fourth-order valence-corrected chi connectivity index (χ4v) is 0.895. The van der Waals surface area contributed by atoms with Gasteiger partial charge in [-0.1, -0.05) is 0 Å². The molecule has 2 nitrogen and oxygen atoms in total. The van der Waals surface area contributed by atoms with Crippen molar-refractivity contribution >= 4 is 22.9 Å². The molecule has 0 atom stereocenters. The summed E-state index contributed by atoms with van der Waals surface area (Å²) in [6.45, 7) is 0.966. The van der Waals surface area contributed by atoms with Crippen molar-refractivity contribution in [3.05, 3.63) is 24.2 Å². The van der Waals surface area contributed by atoms with Crippen molar-refractivity contribution < 1.29 is 4.42 Å². The Morgan fingerprint density at radius 2 is 2.56 bits per heavy atom. The van der Waals surface area contributed by atoms with E-state index in [4.69, 9.17) is 4.42 Å². The first-order valence-corrected chi connectivity index (χ1v) is 3.87. The summed E-state index contributed by atoms with van der Waals surface area (Å²) in [5.74, 6) is 1.04. The molecule has 0 spiro atoms. The summed E-state index contributed by atoms with van der Waals surface area (Å²) >= 11 is 2.12. The van der Waals surface area contributed by atoms with Crippen LogP contribution in [0.25, 0.3) is 0 Å². The molecule has 9 heavy (non-hydrogen) atoms. The van der Waals surface area contributed by atoms with Gasteiger partial charge in [-0.3, -0.25) is 3.53 Å². The summed E-state index contributed by atoms with van der Waals surface area (Å²) in [6, 6.07) is 3.89. The first-order valence-electron chi connectivity index (χ1n) is 2.79. The van der Waals surface area contributed by atoms with E-state index in [1.165, 1.54) is 0 Å². The van der Waals surface area contributed by atoms with E-state index in [0.717, 1.165) is 18.7 Å². The highest BCUT2D eigenvalue weighted by Gasteiger charge is 1.91. The number of hydrogen-bond acceptors (Lipinski definition) is 2. The SMILES string of the molecule is INCCc1ccco1. The Labute approximate surface area is 68.1 Å². The Bertz CT molecular complexity index is 150. The van der Waals surface area contributed by atoms with Crippen molar-refractivity contribution in [2.45, 2.75) is 6.42 Å². The van der Waals surface area contributed by atoms with Gasteiger partial charge >= 0.3 is 0 Å². The van der Waals surface area contributed by atoms with Crippen LogP contribution in [0.2, 0.25) is 0 Å². The van der Waals surface area contributed by atoms with Crippen molar-refractivity contribution in [2.75, 3.05) is 6.54 Å². The average molecular weight is 237 g/mol. The molecule has 1 rings (SSSR count). The van der Waals surface area contributed by atoms with E-state index in [9.17, 15) is 0 Å². The Hall–Kier alpha value is -0.0300. The minimum atomic E-state index is 0.966. The van der Waals surface area contributed by atoms with Crippen LogP contribution >= 0.6 is 22.9 Å². The number of rotatable bonds is 3. The van der Waals surface area contributed by atoms with Gasteiger partial charge in [0, 0.05) is 35.8 Å². The molecule has 1 aromatic heterocycles. The molecule has 1 aromatic rings. The van der Waals surface area contributed by atoms with E-state index < -0.39 is 0 Å². The molecule has 0 amide bonds. The van der Waals surface area contributed by atoms with Gasteiger partial charge in [-0.05, 0) is 12.1 Å². The van der Waals surface area contributed by atoms with E-state index in [1.807, 2.05) is 12.1 Å². The van der Waals surface area contributed by atoms with Crippen molar-refractivity contribution in [1.29, 1.82) is 0 Å². The van der Waals surface area contributed by atoms with Crippen LogP contribution < -0.4 is 3.53 Å². The molecule has 0 radical (unpaired) electrons. The van der Waals surface area contributed by atoms with Crippen LogP contribution in [-0.4, -0.2) is 6.54 Å². The van der Waals surface area contributed by atoms with Gasteiger partial charge in [-0.25, -0.2) is 0 Å². The summed E-state index contributed by atoms with van der Waals surface area (Å²) in [5, 5.41) is 0. The Kier molecular flexibility index (Phi) is 3.06. The third-order valence-corrected chi connectivity index (χ3v) is 1.59. The highest BCUT2D eigenvalue weighted by molar-refractivity contribution is 14.1. The number of furan rings is 1. The zero-order valence-electron chi connectivity index (χ0n) is 4.93. The van der Waals surface area contributed by atoms with Crippen molar-refractivity contribution in [3.63, 3.8) is 0 Å². The monoisotopic (exact) mass is 237 g/mol. The van der Waals surface area contributed by atoms with Crippen LogP contribution in [-0.2, 0) is 6.42 Å². The van der Waals surface area contributed by atoms with E-state index in [2.05, 4.69) is 26.4 Å². The van der Waals surface area contributed by atoms with Crippen molar-refractivity contribution in [3.8, 4) is 0 Å². The minimum Gasteiger partial charge on any atom is -0.469 e. The lowest BCUT2D eigenvalue weighted by Crippen LogP contribution is -2.02. The molecule has 1 heterocycles. The molecule has 3 heteroatoms. The lowest BCUT2D eigenvalue weighted by molar-refractivity contribution is 0.509. The van der Waals surface area contributed by atoms with Gasteiger partial charge in [0.15, 0.2) is 0 Å². The summed E-state index contributed by atoms with van der Waals surface area (Å²) in [7, 11) is 0. The molecule has 0 saturated carbocycles. The second-order valence-corrected chi connectivity index (χ2v) is 2.48. The molecular formula is C6H8INO. The Morgan fingerprint density at radius 1 is 1.67 bits per heavy atom. The van der Waals surface area contributed by atoms with Crippen LogP contribution in [0.1, 0.15) is 5.76 Å². The second kappa shape index (κ2) is 3.90. The summed E-state index contributed by atoms with van der Waals surface area (Å²) in [6.07, 6.45) is 2.67. The Morgan fingerprint density at radius 3 is 3.11 bits per heavy atom. The molecule has 0 aliphatic heterocycles. The van der Waals surface area contributed by atoms with E-state index >= 15 is 0 Å². The maximum absolute atomic E-state index is 5.09. The minimum absolute atomic E-state index is 0.966. The maximum atomic E-state index is 5.09. The Balaban J connectivity index is 2.30. The van der Waals surface area contributed by atoms with E-state index in [0.29, 0.717) is 0 Å². The summed E-state index contributed by atoms with van der Waals surface area (Å²) in [5.41, 5.74) is 0. The third-order valence-electron chi connectivity index (χ3n) is 1.05. The maximum Gasteiger partial charge on any atom is 0.105 e. The lowest BCUT2D eigenvalue weighted by atomic mass is 10.3. The van der Waals surface area contributed by atoms with E-state index in [1.54, 1.807) is 6.26 Å². The largest absolute Gasteiger partial charge is 0.469 e. The first-order chi connectivity index (χ1) is 4.43. The molecule has 0 aromatic carbocycles. The zero-order valence-corrected chi connectivity index (χ0v) is 7.09. The first kappa shape index (κ1) is 7.08. The summed E-state index contributed by atoms with van der Waals surface area (Å²) in [4.78, 5) is 0. The molecule has 1 N–H and O–H groups in total. The van der Waals surface area contributed by atoms with Gasteiger partial charge in [0.05, 0.1) is 6.26 Å². The van der Waals surface area contributed by atoms with Crippen molar-refractivity contribution in [1.82, 2.24) is 3.53 Å². The average Bonchev–Trinajstić information content (AvgIpc) is 2.34. The zero-order chi connectivity index (χ0) is 6.53. The second-order valence-electron chi connectivity index (χ2n) is 1.71. The van der Waals surface area contributed by atoms with Crippen LogP contribution in [0, 0.1) is 0 Å². The van der Waals surface area contributed by atoms with E-state index in [-0.39, 0.29) is 0 Å². The van der Waals surface area contributed by atoms with Crippen LogP contribution in [0.3, 0.4) is 0 Å². The predicted molar refractivity (Wildman–Crippen MR) is 44.4 cm³/mol. The lowest BCUT2D eigenvalue weighted by Gasteiger charge is -1.91. The summed E-state index contributed by atoms with van der Waals surface area (Å²) < 4.78 is 8.11. The molecular weight excluding hydrogens is 229 g/mol. The standard InChI is InChI=1S/C6H8INO/c7-8-4-3-6-2-1-5-9-6/h1-2,5,8H,3-4H2. The van der Waals surface area contributed by atoms with Gasteiger partial charge in [-0.2, -0.15) is 0 Å². The molecule has 0 saturated heterocycles. The molecule has 0 bridgehead atoms. The third kappa shape index (κ3) is 2.36. The van der Waals surface area contributed by atoms with Gasteiger partial charge in [0.1, 0.15) is 5.76 Å². The molecule has 0 aliphatic carbocycles. The normalized spacial score (nSPS) is 9.89. The number of nitrogens with one attached hydrogen (secondary N) is 1. The van der Waals surface area contributed by atoms with Gasteiger partial charge in [0.25, 0.3) is 0 Å². The fraction of sp³-hybridized carbons (Fsp3) is 0.333. The van der Waals surface area contributed by atoms with Gasteiger partial charge in [-0.15, -0.1) is 0 Å².